The number of benzene rings is 2. The van der Waals surface area contributed by atoms with Crippen LogP contribution >= 0.6 is 0 Å². The lowest BCUT2D eigenvalue weighted by Crippen LogP contribution is -2.04. The van der Waals surface area contributed by atoms with Crippen molar-refractivity contribution in [3.05, 3.63) is 48.0 Å². The van der Waals surface area contributed by atoms with Gasteiger partial charge in [-0.1, -0.05) is 30.3 Å². The van der Waals surface area contributed by atoms with E-state index in [9.17, 15) is 13.2 Å². The van der Waals surface area contributed by atoms with Gasteiger partial charge in [0.15, 0.2) is 5.82 Å². The molecular formula is C16H14N4O3S. The zero-order chi connectivity index (χ0) is 17.1. The Labute approximate surface area is 139 Å². The Bertz CT molecular complexity index is 977. The summed E-state index contributed by atoms with van der Waals surface area (Å²) >= 11 is 0. The minimum absolute atomic E-state index is 0.0296. The third-order valence-electron chi connectivity index (χ3n) is 3.60. The van der Waals surface area contributed by atoms with Crippen LogP contribution in [-0.4, -0.2) is 25.0 Å². The van der Waals surface area contributed by atoms with Crippen LogP contribution in [0.2, 0.25) is 0 Å². The molecular weight excluding hydrogens is 328 g/mol. The van der Waals surface area contributed by atoms with Crippen molar-refractivity contribution in [1.82, 2.24) is 10.2 Å². The average molecular weight is 342 g/mol. The van der Waals surface area contributed by atoms with Gasteiger partial charge in [-0.05, 0) is 28.8 Å². The predicted octanol–water partition coefficient (Wildman–Crippen LogP) is 1.56. The first kappa shape index (κ1) is 15.9. The van der Waals surface area contributed by atoms with Crippen molar-refractivity contribution in [3.63, 3.8) is 0 Å². The van der Waals surface area contributed by atoms with Gasteiger partial charge in [0.25, 0.3) is 0 Å². The van der Waals surface area contributed by atoms with Crippen molar-refractivity contribution < 1.29 is 13.2 Å². The van der Waals surface area contributed by atoms with Gasteiger partial charge in [-0.15, -0.1) is 10.2 Å². The zero-order valence-corrected chi connectivity index (χ0v) is 13.4. The van der Waals surface area contributed by atoms with Crippen molar-refractivity contribution in [3.8, 4) is 11.1 Å². The third-order valence-corrected chi connectivity index (χ3v) is 4.22. The Morgan fingerprint density at radius 2 is 1.75 bits per heavy atom. The molecule has 0 saturated carbocycles. The SMILES string of the molecule is Nc1c(NC=O)nnc2cc(-c3ccc(C[SH](=O)=O)cc3)ccc12. The van der Waals surface area contributed by atoms with Gasteiger partial charge in [-0.3, -0.25) is 4.79 Å². The molecule has 8 heteroatoms. The van der Waals surface area contributed by atoms with E-state index in [-0.39, 0.29) is 11.6 Å². The number of amides is 1. The van der Waals surface area contributed by atoms with Gasteiger partial charge in [0.1, 0.15) is 10.7 Å². The Kier molecular flexibility index (Phi) is 4.39. The lowest BCUT2D eigenvalue weighted by molar-refractivity contribution is -0.105. The molecule has 7 nitrogen and oxygen atoms in total. The molecule has 3 N–H and O–H groups in total. The maximum Gasteiger partial charge on any atom is 0.212 e. The number of rotatable bonds is 5. The number of nitrogen functional groups attached to an aromatic ring is 1. The van der Waals surface area contributed by atoms with Gasteiger partial charge >= 0.3 is 0 Å². The summed E-state index contributed by atoms with van der Waals surface area (Å²) in [4.78, 5) is 10.5. The van der Waals surface area contributed by atoms with Crippen LogP contribution in [0.15, 0.2) is 42.5 Å². The molecule has 0 aliphatic carbocycles. The van der Waals surface area contributed by atoms with Gasteiger partial charge in [0, 0.05) is 5.39 Å². The highest BCUT2D eigenvalue weighted by atomic mass is 32.2. The van der Waals surface area contributed by atoms with Crippen LogP contribution in [0.3, 0.4) is 0 Å². The van der Waals surface area contributed by atoms with E-state index in [1.165, 1.54) is 0 Å². The molecule has 0 bridgehead atoms. The Morgan fingerprint density at radius 1 is 1.04 bits per heavy atom. The first-order chi connectivity index (χ1) is 11.6. The molecule has 0 aliphatic heterocycles. The molecule has 0 atom stereocenters. The highest BCUT2D eigenvalue weighted by Crippen LogP contribution is 2.29. The van der Waals surface area contributed by atoms with Gasteiger partial charge in [0.2, 0.25) is 6.41 Å². The Morgan fingerprint density at radius 3 is 2.42 bits per heavy atom. The van der Waals surface area contributed by atoms with Crippen LogP contribution in [0.5, 0.6) is 0 Å². The second-order valence-electron chi connectivity index (χ2n) is 5.14. The standard InChI is InChI=1S/C16H14N4O3S/c17-15-13-6-5-12(7-14(13)19-20-16(15)18-9-21)11-3-1-10(2-4-11)8-24(22)23/h1-7,9,24H,8H2,(H2,17,19)(H,18,20,21). The number of fused-ring (bicyclic) bond motifs is 1. The number of anilines is 2. The fourth-order valence-electron chi connectivity index (χ4n) is 2.42. The fraction of sp³-hybridized carbons (Fsp3) is 0.0625. The van der Waals surface area contributed by atoms with E-state index >= 15 is 0 Å². The van der Waals surface area contributed by atoms with E-state index in [2.05, 4.69) is 15.5 Å². The maximum atomic E-state index is 10.8. The van der Waals surface area contributed by atoms with Crippen molar-refractivity contribution >= 4 is 39.5 Å². The summed E-state index contributed by atoms with van der Waals surface area (Å²) in [6.07, 6.45) is 0.498. The number of carbonyl (C=O) groups excluding carboxylic acids is 1. The summed E-state index contributed by atoms with van der Waals surface area (Å²) < 4.78 is 21.5. The average Bonchev–Trinajstić information content (AvgIpc) is 2.57. The van der Waals surface area contributed by atoms with E-state index in [0.29, 0.717) is 23.0 Å². The molecule has 1 amide bonds. The number of hydrogen-bond donors (Lipinski definition) is 3. The van der Waals surface area contributed by atoms with Gasteiger partial charge in [-0.25, -0.2) is 8.42 Å². The van der Waals surface area contributed by atoms with E-state index in [1.54, 1.807) is 12.1 Å². The molecule has 122 valence electrons. The number of nitrogens with one attached hydrogen (secondary N) is 1. The number of thiol groups is 1. The minimum Gasteiger partial charge on any atom is -0.395 e. The smallest absolute Gasteiger partial charge is 0.212 e. The van der Waals surface area contributed by atoms with E-state index < -0.39 is 10.7 Å². The number of carbonyl (C=O) groups is 1. The second-order valence-corrected chi connectivity index (χ2v) is 6.13. The molecule has 24 heavy (non-hydrogen) atoms. The minimum atomic E-state index is -2.44. The quantitative estimate of drug-likeness (QED) is 0.479. The second kappa shape index (κ2) is 6.63. The number of hydrogen-bond acceptors (Lipinski definition) is 6. The molecule has 1 heterocycles. The molecule has 3 rings (SSSR count). The number of aromatic nitrogens is 2. The zero-order valence-electron chi connectivity index (χ0n) is 12.5. The van der Waals surface area contributed by atoms with Crippen LogP contribution in [0.1, 0.15) is 5.56 Å². The molecule has 0 aliphatic rings. The molecule has 0 saturated heterocycles. The summed E-state index contributed by atoms with van der Waals surface area (Å²) in [5, 5.41) is 11.1. The third kappa shape index (κ3) is 3.18. The van der Waals surface area contributed by atoms with Crippen molar-refractivity contribution in [2.45, 2.75) is 5.75 Å². The lowest BCUT2D eigenvalue weighted by Gasteiger charge is -2.08. The molecule has 3 aromatic rings. The molecule has 0 radical (unpaired) electrons. The van der Waals surface area contributed by atoms with Crippen molar-refractivity contribution in [2.75, 3.05) is 11.1 Å². The number of nitrogens with two attached hydrogens (primary N) is 1. The largest absolute Gasteiger partial charge is 0.395 e. The Balaban J connectivity index is 1.98. The molecule has 0 fully saturated rings. The predicted molar refractivity (Wildman–Crippen MR) is 93.1 cm³/mol. The molecule has 0 unspecified atom stereocenters. The fourth-order valence-corrected chi connectivity index (χ4v) is 2.93. The van der Waals surface area contributed by atoms with Gasteiger partial charge in [0.05, 0.1) is 17.0 Å². The van der Waals surface area contributed by atoms with Gasteiger partial charge in [-0.2, -0.15) is 0 Å². The van der Waals surface area contributed by atoms with Crippen LogP contribution in [0, 0.1) is 0 Å². The highest BCUT2D eigenvalue weighted by Gasteiger charge is 2.08. The maximum absolute atomic E-state index is 10.8. The van der Waals surface area contributed by atoms with Crippen molar-refractivity contribution in [1.29, 1.82) is 0 Å². The van der Waals surface area contributed by atoms with Crippen molar-refractivity contribution in [2.24, 2.45) is 0 Å². The summed E-state index contributed by atoms with van der Waals surface area (Å²) in [6, 6.07) is 12.8. The molecule has 2 aromatic carbocycles. The van der Waals surface area contributed by atoms with E-state index in [1.807, 2.05) is 30.3 Å². The normalized spacial score (nSPS) is 10.9. The molecule has 1 aromatic heterocycles. The van der Waals surface area contributed by atoms with Crippen LogP contribution in [0.25, 0.3) is 22.0 Å². The number of nitrogens with zero attached hydrogens (tertiary/aromatic N) is 2. The first-order valence-electron chi connectivity index (χ1n) is 7.05. The van der Waals surface area contributed by atoms with E-state index in [4.69, 9.17) is 5.73 Å². The van der Waals surface area contributed by atoms with Crippen LogP contribution < -0.4 is 11.1 Å². The topological polar surface area (TPSA) is 115 Å². The Hall–Kier alpha value is -3.00. The summed E-state index contributed by atoms with van der Waals surface area (Å²) in [7, 11) is -2.44. The van der Waals surface area contributed by atoms with Crippen LogP contribution in [0.4, 0.5) is 11.5 Å². The van der Waals surface area contributed by atoms with E-state index in [0.717, 1.165) is 16.7 Å². The highest BCUT2D eigenvalue weighted by molar-refractivity contribution is 7.71. The summed E-state index contributed by atoms with van der Waals surface area (Å²) in [6.45, 7) is 0. The lowest BCUT2D eigenvalue weighted by atomic mass is 10.0. The molecule has 0 spiro atoms. The van der Waals surface area contributed by atoms with Gasteiger partial charge < -0.3 is 11.1 Å². The first-order valence-corrected chi connectivity index (χ1v) is 8.42. The van der Waals surface area contributed by atoms with Crippen LogP contribution in [-0.2, 0) is 21.3 Å². The summed E-state index contributed by atoms with van der Waals surface area (Å²) in [5.41, 5.74) is 9.51. The monoisotopic (exact) mass is 342 g/mol. The summed E-state index contributed by atoms with van der Waals surface area (Å²) in [5.74, 6) is 0.253.